The number of carbonyl (C=O) groups is 1. The van der Waals surface area contributed by atoms with Crippen molar-refractivity contribution in [2.45, 2.75) is 37.5 Å². The maximum atomic E-state index is 12.9. The third kappa shape index (κ3) is 3.20. The van der Waals surface area contributed by atoms with Crippen LogP contribution in [0.1, 0.15) is 35.2 Å². The van der Waals surface area contributed by atoms with E-state index in [1.807, 2.05) is 0 Å². The van der Waals surface area contributed by atoms with Gasteiger partial charge in [-0.05, 0) is 31.4 Å². The predicted octanol–water partition coefficient (Wildman–Crippen LogP) is 2.67. The van der Waals surface area contributed by atoms with Crippen molar-refractivity contribution in [2.75, 3.05) is 13.1 Å². The Bertz CT molecular complexity index is 540. The second kappa shape index (κ2) is 5.33. The minimum absolute atomic E-state index is 0.0561. The number of carbonyl (C=O) groups excluding carboxylic acids is 1. The first kappa shape index (κ1) is 14.4. The molecule has 1 heterocycles. The van der Waals surface area contributed by atoms with E-state index in [2.05, 4.69) is 10.2 Å². The summed E-state index contributed by atoms with van der Waals surface area (Å²) in [4.78, 5) is 14.4. The Morgan fingerprint density at radius 2 is 1.90 bits per heavy atom. The fourth-order valence-electron chi connectivity index (χ4n) is 2.87. The maximum absolute atomic E-state index is 12.9. The first-order valence-electron chi connectivity index (χ1n) is 7.16. The van der Waals surface area contributed by atoms with E-state index in [9.17, 15) is 18.0 Å². The predicted molar refractivity (Wildman–Crippen MR) is 71.9 cm³/mol. The van der Waals surface area contributed by atoms with E-state index in [0.717, 1.165) is 25.6 Å². The van der Waals surface area contributed by atoms with E-state index in [-0.39, 0.29) is 11.6 Å². The molecule has 0 bridgehead atoms. The molecule has 1 atom stereocenters. The van der Waals surface area contributed by atoms with Crippen molar-refractivity contribution in [1.29, 1.82) is 0 Å². The number of likely N-dealkylation sites (tertiary alicyclic amines) is 1. The zero-order valence-corrected chi connectivity index (χ0v) is 11.5. The van der Waals surface area contributed by atoms with Gasteiger partial charge in [0.25, 0.3) is 5.91 Å². The number of halogens is 3. The lowest BCUT2D eigenvalue weighted by Gasteiger charge is -2.17. The molecule has 2 fully saturated rings. The summed E-state index contributed by atoms with van der Waals surface area (Å²) < 4.78 is 38.7. The number of alkyl halides is 3. The SMILES string of the molecule is O=C(N[C@@H]1CCN(C2CC2)C1)c1ccccc1C(F)(F)F. The molecule has 1 saturated carbocycles. The molecule has 3 nitrogen and oxygen atoms in total. The van der Waals surface area contributed by atoms with E-state index >= 15 is 0 Å². The molecular formula is C15H17F3N2O. The molecule has 1 aliphatic carbocycles. The number of nitrogens with zero attached hydrogens (tertiary/aromatic N) is 1. The molecule has 114 valence electrons. The van der Waals surface area contributed by atoms with Gasteiger partial charge in [-0.2, -0.15) is 13.2 Å². The monoisotopic (exact) mass is 298 g/mol. The van der Waals surface area contributed by atoms with Crippen LogP contribution in [-0.4, -0.2) is 36.0 Å². The number of hydrogen-bond donors (Lipinski definition) is 1. The summed E-state index contributed by atoms with van der Waals surface area (Å²) in [6.07, 6.45) is -1.32. The summed E-state index contributed by atoms with van der Waals surface area (Å²) in [6.45, 7) is 1.65. The molecular weight excluding hydrogens is 281 g/mol. The van der Waals surface area contributed by atoms with Crippen LogP contribution in [0.2, 0.25) is 0 Å². The van der Waals surface area contributed by atoms with Crippen LogP contribution in [0.4, 0.5) is 13.2 Å². The van der Waals surface area contributed by atoms with E-state index in [4.69, 9.17) is 0 Å². The molecule has 6 heteroatoms. The van der Waals surface area contributed by atoms with Crippen molar-refractivity contribution in [3.63, 3.8) is 0 Å². The van der Waals surface area contributed by atoms with Crippen LogP contribution in [0.15, 0.2) is 24.3 Å². The molecule has 3 rings (SSSR count). The highest BCUT2D eigenvalue weighted by Crippen LogP contribution is 2.32. The second-order valence-electron chi connectivity index (χ2n) is 5.73. The number of amides is 1. The molecule has 1 aromatic carbocycles. The lowest BCUT2D eigenvalue weighted by atomic mass is 10.1. The van der Waals surface area contributed by atoms with Gasteiger partial charge in [0.05, 0.1) is 11.1 Å². The molecule has 1 aromatic rings. The summed E-state index contributed by atoms with van der Waals surface area (Å²) in [7, 11) is 0. The lowest BCUT2D eigenvalue weighted by Crippen LogP contribution is -2.38. The minimum atomic E-state index is -4.51. The van der Waals surface area contributed by atoms with Crippen LogP contribution < -0.4 is 5.32 Å². The topological polar surface area (TPSA) is 32.3 Å². The summed E-state index contributed by atoms with van der Waals surface area (Å²) in [5.74, 6) is -0.634. The van der Waals surface area contributed by atoms with Gasteiger partial charge < -0.3 is 5.32 Å². The summed E-state index contributed by atoms with van der Waals surface area (Å²) in [5, 5.41) is 2.74. The Balaban J connectivity index is 1.68. The summed E-state index contributed by atoms with van der Waals surface area (Å²) in [6, 6.07) is 5.49. The maximum Gasteiger partial charge on any atom is 0.417 e. The zero-order valence-electron chi connectivity index (χ0n) is 11.5. The Hall–Kier alpha value is -1.56. The van der Waals surface area contributed by atoms with Crippen molar-refractivity contribution in [3.05, 3.63) is 35.4 Å². The van der Waals surface area contributed by atoms with Crippen molar-refractivity contribution in [1.82, 2.24) is 10.2 Å². The fraction of sp³-hybridized carbons (Fsp3) is 0.533. The highest BCUT2D eigenvalue weighted by atomic mass is 19.4. The van der Waals surface area contributed by atoms with Crippen molar-refractivity contribution in [2.24, 2.45) is 0 Å². The van der Waals surface area contributed by atoms with Gasteiger partial charge in [-0.15, -0.1) is 0 Å². The number of benzene rings is 1. The summed E-state index contributed by atoms with van der Waals surface area (Å²) in [5.41, 5.74) is -1.17. The first-order chi connectivity index (χ1) is 9.95. The second-order valence-corrected chi connectivity index (χ2v) is 5.73. The third-order valence-electron chi connectivity index (χ3n) is 4.10. The standard InChI is InChI=1S/C15H17F3N2O/c16-15(17,18)13-4-2-1-3-12(13)14(21)19-10-7-8-20(9-10)11-5-6-11/h1-4,10-11H,5-9H2,(H,19,21)/t10-/m1/s1. The van der Waals surface area contributed by atoms with Crippen LogP contribution in [0.3, 0.4) is 0 Å². The Morgan fingerprint density at radius 3 is 2.57 bits per heavy atom. The van der Waals surface area contributed by atoms with E-state index in [0.29, 0.717) is 6.04 Å². The Labute approximate surface area is 121 Å². The molecule has 1 N–H and O–H groups in total. The van der Waals surface area contributed by atoms with Gasteiger partial charge in [0.2, 0.25) is 0 Å². The average Bonchev–Trinajstić information content (AvgIpc) is 3.19. The van der Waals surface area contributed by atoms with Gasteiger partial charge in [-0.25, -0.2) is 0 Å². The lowest BCUT2D eigenvalue weighted by molar-refractivity contribution is -0.137. The zero-order chi connectivity index (χ0) is 15.0. The first-order valence-corrected chi connectivity index (χ1v) is 7.16. The van der Waals surface area contributed by atoms with Crippen LogP contribution in [0.25, 0.3) is 0 Å². The number of rotatable bonds is 3. The van der Waals surface area contributed by atoms with Crippen LogP contribution >= 0.6 is 0 Å². The molecule has 2 aliphatic rings. The smallest absolute Gasteiger partial charge is 0.348 e. The van der Waals surface area contributed by atoms with E-state index < -0.39 is 17.6 Å². The van der Waals surface area contributed by atoms with Crippen molar-refractivity contribution in [3.8, 4) is 0 Å². The molecule has 1 saturated heterocycles. The van der Waals surface area contributed by atoms with Crippen molar-refractivity contribution >= 4 is 5.91 Å². The number of nitrogens with one attached hydrogen (secondary N) is 1. The van der Waals surface area contributed by atoms with Gasteiger partial charge in [0, 0.05) is 25.2 Å². The van der Waals surface area contributed by atoms with Gasteiger partial charge in [0.15, 0.2) is 0 Å². The van der Waals surface area contributed by atoms with E-state index in [1.165, 1.54) is 31.0 Å². The molecule has 1 aliphatic heterocycles. The molecule has 21 heavy (non-hydrogen) atoms. The molecule has 0 unspecified atom stereocenters. The minimum Gasteiger partial charge on any atom is -0.348 e. The van der Waals surface area contributed by atoms with Gasteiger partial charge in [-0.1, -0.05) is 12.1 Å². The summed E-state index contributed by atoms with van der Waals surface area (Å²) >= 11 is 0. The van der Waals surface area contributed by atoms with Gasteiger partial charge >= 0.3 is 6.18 Å². The van der Waals surface area contributed by atoms with E-state index in [1.54, 1.807) is 0 Å². The molecule has 0 spiro atoms. The van der Waals surface area contributed by atoms with Crippen LogP contribution in [-0.2, 0) is 6.18 Å². The van der Waals surface area contributed by atoms with Gasteiger partial charge in [0.1, 0.15) is 0 Å². The normalized spacial score (nSPS) is 23.3. The molecule has 1 amide bonds. The van der Waals surface area contributed by atoms with Crippen molar-refractivity contribution < 1.29 is 18.0 Å². The highest BCUT2D eigenvalue weighted by Gasteiger charge is 2.37. The number of hydrogen-bond acceptors (Lipinski definition) is 2. The fourth-order valence-corrected chi connectivity index (χ4v) is 2.87. The average molecular weight is 298 g/mol. The molecule has 0 aromatic heterocycles. The van der Waals surface area contributed by atoms with Gasteiger partial charge in [-0.3, -0.25) is 9.69 Å². The molecule has 0 radical (unpaired) electrons. The van der Waals surface area contributed by atoms with Crippen LogP contribution in [0, 0.1) is 0 Å². The highest BCUT2D eigenvalue weighted by molar-refractivity contribution is 5.96. The largest absolute Gasteiger partial charge is 0.417 e. The van der Waals surface area contributed by atoms with Crippen LogP contribution in [0.5, 0.6) is 0 Å². The third-order valence-corrected chi connectivity index (χ3v) is 4.10. The quantitative estimate of drug-likeness (QED) is 0.930. The Kier molecular flexibility index (Phi) is 3.65. The Morgan fingerprint density at radius 1 is 1.19 bits per heavy atom.